The molecule has 1 aromatic carbocycles. The number of carbonyl (C=O) groups excluding carboxylic acids is 2. The molecule has 2 aliphatic heterocycles. The summed E-state index contributed by atoms with van der Waals surface area (Å²) in [6.07, 6.45) is 5.28. The predicted molar refractivity (Wildman–Crippen MR) is 113 cm³/mol. The van der Waals surface area contributed by atoms with Gasteiger partial charge in [0.1, 0.15) is 0 Å². The Bertz CT molecular complexity index is 656. The van der Waals surface area contributed by atoms with Crippen LogP contribution in [0.15, 0.2) is 24.3 Å². The summed E-state index contributed by atoms with van der Waals surface area (Å²) in [5.41, 5.74) is 2.07. The second-order valence-corrected chi connectivity index (χ2v) is 8.77. The van der Waals surface area contributed by atoms with E-state index in [9.17, 15) is 9.59 Å². The van der Waals surface area contributed by atoms with E-state index < -0.39 is 0 Å². The third kappa shape index (κ3) is 6.65. The maximum atomic E-state index is 12.8. The van der Waals surface area contributed by atoms with Crippen LogP contribution in [0.1, 0.15) is 61.9 Å². The summed E-state index contributed by atoms with van der Waals surface area (Å²) in [7, 11) is 0. The Morgan fingerprint density at radius 1 is 1.14 bits per heavy atom. The molecule has 29 heavy (non-hydrogen) atoms. The average Bonchev–Trinajstić information content (AvgIpc) is 3.24. The molecule has 0 spiro atoms. The van der Waals surface area contributed by atoms with Gasteiger partial charge in [-0.2, -0.15) is 0 Å². The molecular weight excluding hydrogens is 366 g/mol. The highest BCUT2D eigenvalue weighted by atomic mass is 16.5. The van der Waals surface area contributed by atoms with Crippen LogP contribution in [0.25, 0.3) is 0 Å². The summed E-state index contributed by atoms with van der Waals surface area (Å²) >= 11 is 0. The van der Waals surface area contributed by atoms with E-state index in [0.717, 1.165) is 44.3 Å². The minimum atomic E-state index is 0.0192. The SMILES string of the molecule is CC(C)Cc1ccc(C(=O)C2CCN(C(=O)CCOCC3CCCO3)CC2)cc1. The molecule has 0 N–H and O–H groups in total. The average molecular weight is 402 g/mol. The summed E-state index contributed by atoms with van der Waals surface area (Å²) in [6, 6.07) is 8.07. The predicted octanol–water partition coefficient (Wildman–Crippen LogP) is 3.89. The van der Waals surface area contributed by atoms with Crippen molar-refractivity contribution >= 4 is 11.7 Å². The second kappa shape index (κ2) is 10.9. The number of carbonyl (C=O) groups is 2. The molecule has 0 saturated carbocycles. The zero-order valence-corrected chi connectivity index (χ0v) is 17.9. The van der Waals surface area contributed by atoms with E-state index in [1.165, 1.54) is 5.56 Å². The Hall–Kier alpha value is -1.72. The molecule has 1 amide bonds. The van der Waals surface area contributed by atoms with E-state index in [-0.39, 0.29) is 23.7 Å². The molecule has 2 saturated heterocycles. The molecule has 0 aromatic heterocycles. The first-order valence-electron chi connectivity index (χ1n) is 11.1. The highest BCUT2D eigenvalue weighted by molar-refractivity contribution is 5.98. The van der Waals surface area contributed by atoms with Gasteiger partial charge in [0, 0.05) is 31.2 Å². The normalized spacial score (nSPS) is 20.4. The number of hydrogen-bond donors (Lipinski definition) is 0. The summed E-state index contributed by atoms with van der Waals surface area (Å²) < 4.78 is 11.1. The zero-order valence-electron chi connectivity index (χ0n) is 17.9. The number of ether oxygens (including phenoxy) is 2. The van der Waals surface area contributed by atoms with Crippen molar-refractivity contribution in [3.63, 3.8) is 0 Å². The van der Waals surface area contributed by atoms with Gasteiger partial charge >= 0.3 is 0 Å². The number of hydrogen-bond acceptors (Lipinski definition) is 4. The molecule has 5 heteroatoms. The molecule has 2 heterocycles. The van der Waals surface area contributed by atoms with Crippen LogP contribution in [0, 0.1) is 11.8 Å². The number of benzene rings is 1. The monoisotopic (exact) mass is 401 g/mol. The molecular formula is C24H35NO4. The first kappa shape index (κ1) is 22.0. The number of piperidine rings is 1. The van der Waals surface area contributed by atoms with Crippen LogP contribution >= 0.6 is 0 Å². The number of ketones is 1. The lowest BCUT2D eigenvalue weighted by molar-refractivity contribution is -0.133. The van der Waals surface area contributed by atoms with Crippen LogP contribution in [0.2, 0.25) is 0 Å². The second-order valence-electron chi connectivity index (χ2n) is 8.77. The van der Waals surface area contributed by atoms with Crippen LogP contribution in [0.3, 0.4) is 0 Å². The number of Topliss-reactive ketones (excluding diaryl/α,β-unsaturated/α-hetero) is 1. The fourth-order valence-electron chi connectivity index (χ4n) is 4.21. The molecule has 1 aromatic rings. The fraction of sp³-hybridized carbons (Fsp3) is 0.667. The zero-order chi connectivity index (χ0) is 20.6. The minimum absolute atomic E-state index is 0.0192. The van der Waals surface area contributed by atoms with E-state index in [1.807, 2.05) is 17.0 Å². The van der Waals surface area contributed by atoms with Gasteiger partial charge in [-0.3, -0.25) is 9.59 Å². The van der Waals surface area contributed by atoms with Crippen LogP contribution < -0.4 is 0 Å². The maximum Gasteiger partial charge on any atom is 0.224 e. The third-order valence-corrected chi connectivity index (χ3v) is 5.89. The van der Waals surface area contributed by atoms with Crippen LogP contribution in [-0.2, 0) is 20.7 Å². The van der Waals surface area contributed by atoms with Crippen molar-refractivity contribution < 1.29 is 19.1 Å². The summed E-state index contributed by atoms with van der Waals surface area (Å²) in [4.78, 5) is 27.1. The van der Waals surface area contributed by atoms with Crippen molar-refractivity contribution in [2.24, 2.45) is 11.8 Å². The first-order chi connectivity index (χ1) is 14.0. The number of nitrogens with zero attached hydrogens (tertiary/aromatic N) is 1. The number of amides is 1. The highest BCUT2D eigenvalue weighted by Crippen LogP contribution is 2.23. The van der Waals surface area contributed by atoms with Crippen molar-refractivity contribution in [1.29, 1.82) is 0 Å². The Morgan fingerprint density at radius 2 is 1.86 bits per heavy atom. The minimum Gasteiger partial charge on any atom is -0.378 e. The lowest BCUT2D eigenvalue weighted by atomic mass is 9.88. The van der Waals surface area contributed by atoms with Crippen molar-refractivity contribution in [1.82, 2.24) is 4.90 Å². The van der Waals surface area contributed by atoms with Gasteiger partial charge in [-0.1, -0.05) is 38.1 Å². The van der Waals surface area contributed by atoms with Crippen molar-refractivity contribution in [3.8, 4) is 0 Å². The summed E-state index contributed by atoms with van der Waals surface area (Å²) in [6.45, 7) is 7.57. The lowest BCUT2D eigenvalue weighted by Crippen LogP contribution is -2.40. The quantitative estimate of drug-likeness (QED) is 0.465. The lowest BCUT2D eigenvalue weighted by Gasteiger charge is -2.31. The van der Waals surface area contributed by atoms with Gasteiger partial charge in [-0.15, -0.1) is 0 Å². The highest BCUT2D eigenvalue weighted by Gasteiger charge is 2.28. The molecule has 5 nitrogen and oxygen atoms in total. The van der Waals surface area contributed by atoms with E-state index >= 15 is 0 Å². The van der Waals surface area contributed by atoms with E-state index in [1.54, 1.807) is 0 Å². The molecule has 2 fully saturated rings. The molecule has 0 aliphatic carbocycles. The molecule has 0 bridgehead atoms. The van der Waals surface area contributed by atoms with Crippen LogP contribution in [0.4, 0.5) is 0 Å². The van der Waals surface area contributed by atoms with Crippen molar-refractivity contribution in [3.05, 3.63) is 35.4 Å². The third-order valence-electron chi connectivity index (χ3n) is 5.89. The topological polar surface area (TPSA) is 55.8 Å². The van der Waals surface area contributed by atoms with E-state index in [2.05, 4.69) is 26.0 Å². The smallest absolute Gasteiger partial charge is 0.224 e. The number of rotatable bonds is 9. The molecule has 160 valence electrons. The van der Waals surface area contributed by atoms with E-state index in [4.69, 9.17) is 9.47 Å². The van der Waals surface area contributed by atoms with Gasteiger partial charge in [-0.05, 0) is 43.6 Å². The molecule has 2 aliphatic rings. The molecule has 1 atom stereocenters. The Morgan fingerprint density at radius 3 is 2.48 bits per heavy atom. The van der Waals surface area contributed by atoms with E-state index in [0.29, 0.717) is 38.6 Å². The maximum absolute atomic E-state index is 12.8. The van der Waals surface area contributed by atoms with Crippen molar-refractivity contribution in [2.75, 3.05) is 32.9 Å². The summed E-state index contributed by atoms with van der Waals surface area (Å²) in [5.74, 6) is 0.972. The van der Waals surface area contributed by atoms with Gasteiger partial charge in [-0.25, -0.2) is 0 Å². The number of likely N-dealkylation sites (tertiary alicyclic amines) is 1. The van der Waals surface area contributed by atoms with Gasteiger partial charge in [0.25, 0.3) is 0 Å². The van der Waals surface area contributed by atoms with Gasteiger partial charge in [0.2, 0.25) is 5.91 Å². The Balaban J connectivity index is 1.37. The Labute approximate surface area is 174 Å². The van der Waals surface area contributed by atoms with Crippen LogP contribution in [0.5, 0.6) is 0 Å². The van der Waals surface area contributed by atoms with Gasteiger partial charge in [0.15, 0.2) is 5.78 Å². The van der Waals surface area contributed by atoms with Gasteiger partial charge < -0.3 is 14.4 Å². The van der Waals surface area contributed by atoms with Crippen molar-refractivity contribution in [2.45, 2.75) is 58.5 Å². The van der Waals surface area contributed by atoms with Crippen LogP contribution in [-0.4, -0.2) is 55.6 Å². The van der Waals surface area contributed by atoms with Gasteiger partial charge in [0.05, 0.1) is 25.7 Å². The molecule has 3 rings (SSSR count). The standard InChI is InChI=1S/C24H35NO4/c1-18(2)16-19-5-7-20(8-6-19)24(27)21-9-12-25(13-10-21)23(26)11-15-28-17-22-4-3-14-29-22/h5-8,18,21-22H,3-4,9-17H2,1-2H3. The fourth-order valence-corrected chi connectivity index (χ4v) is 4.21. The summed E-state index contributed by atoms with van der Waals surface area (Å²) in [5, 5.41) is 0. The molecule has 0 radical (unpaired) electrons. The Kier molecular flexibility index (Phi) is 8.25. The largest absolute Gasteiger partial charge is 0.378 e. The first-order valence-corrected chi connectivity index (χ1v) is 11.1. The molecule has 1 unspecified atom stereocenters.